The molecule has 0 aliphatic carbocycles. The molecule has 1 aliphatic rings. The number of H-pyrrole nitrogens is 1. The largest absolute Gasteiger partial charge is 0.488 e. The van der Waals surface area contributed by atoms with E-state index in [1.54, 1.807) is 30.6 Å². The summed E-state index contributed by atoms with van der Waals surface area (Å²) in [5, 5.41) is 15.6. The molecule has 1 aliphatic heterocycles. The third-order valence-electron chi connectivity index (χ3n) is 5.75. The molecule has 2 atom stereocenters. The first-order chi connectivity index (χ1) is 17.5. The molecular formula is C25H26N8O3. The Hall–Kier alpha value is -4.51. The van der Waals surface area contributed by atoms with Gasteiger partial charge in [0.15, 0.2) is 5.82 Å². The Kier molecular flexibility index (Phi) is 6.46. The number of nitrogen functional groups attached to an aromatic ring is 1. The van der Waals surface area contributed by atoms with Gasteiger partial charge in [-0.25, -0.2) is 14.8 Å². The zero-order valence-electron chi connectivity index (χ0n) is 19.6. The summed E-state index contributed by atoms with van der Waals surface area (Å²) in [7, 11) is 0. The molecule has 0 amide bonds. The van der Waals surface area contributed by atoms with Crippen LogP contribution in [0.25, 0.3) is 5.95 Å². The van der Waals surface area contributed by atoms with E-state index < -0.39 is 11.7 Å². The lowest BCUT2D eigenvalue weighted by Gasteiger charge is -2.21. The monoisotopic (exact) mass is 486 g/mol. The zero-order chi connectivity index (χ0) is 25.1. The van der Waals surface area contributed by atoms with E-state index in [1.807, 2.05) is 37.3 Å². The predicted molar refractivity (Wildman–Crippen MR) is 134 cm³/mol. The number of amidine groups is 1. The Labute approximate surface area is 206 Å². The molecule has 3 heterocycles. The molecule has 0 radical (unpaired) electrons. The van der Waals surface area contributed by atoms with Crippen LogP contribution in [-0.4, -0.2) is 49.9 Å². The minimum Gasteiger partial charge on any atom is -0.488 e. The molecule has 184 valence electrons. The topological polar surface area (TPSA) is 157 Å². The van der Waals surface area contributed by atoms with Crippen molar-refractivity contribution in [2.75, 3.05) is 18.5 Å². The van der Waals surface area contributed by atoms with Crippen molar-refractivity contribution in [2.45, 2.75) is 25.5 Å². The Morgan fingerprint density at radius 3 is 2.72 bits per heavy atom. The summed E-state index contributed by atoms with van der Waals surface area (Å²) in [6, 6.07) is 14.2. The Morgan fingerprint density at radius 2 is 2.03 bits per heavy atom. The second-order valence-electron chi connectivity index (χ2n) is 8.53. The molecule has 0 saturated carbocycles. The molecule has 0 spiro atoms. The highest BCUT2D eigenvalue weighted by molar-refractivity contribution is 5.95. The summed E-state index contributed by atoms with van der Waals surface area (Å²) < 4.78 is 12.7. The normalized spacial score (nSPS) is 16.0. The SMILES string of the molecule is Cc1cc(O[C@H]2CCOC2)cc(C(Nc2ccc(C(=N)N)cc2)c2nn(-c3ncccn3)c(=O)[nH]2)c1. The van der Waals surface area contributed by atoms with Gasteiger partial charge in [-0.3, -0.25) is 10.4 Å². The van der Waals surface area contributed by atoms with Crippen LogP contribution >= 0.6 is 0 Å². The van der Waals surface area contributed by atoms with Gasteiger partial charge in [0.05, 0.1) is 13.2 Å². The van der Waals surface area contributed by atoms with E-state index in [0.717, 1.165) is 27.9 Å². The fourth-order valence-electron chi connectivity index (χ4n) is 4.04. The van der Waals surface area contributed by atoms with Crippen molar-refractivity contribution in [3.63, 3.8) is 0 Å². The van der Waals surface area contributed by atoms with Crippen molar-refractivity contribution >= 4 is 11.5 Å². The van der Waals surface area contributed by atoms with Gasteiger partial charge in [0.1, 0.15) is 23.7 Å². The fraction of sp³-hybridized carbons (Fsp3) is 0.240. The second-order valence-corrected chi connectivity index (χ2v) is 8.53. The van der Waals surface area contributed by atoms with Crippen LogP contribution in [0.5, 0.6) is 5.75 Å². The number of hydrogen-bond donors (Lipinski definition) is 4. The van der Waals surface area contributed by atoms with E-state index >= 15 is 0 Å². The summed E-state index contributed by atoms with van der Waals surface area (Å²) in [6.07, 6.45) is 3.93. The first kappa shape index (κ1) is 23.2. The van der Waals surface area contributed by atoms with E-state index in [-0.39, 0.29) is 17.9 Å². The molecule has 1 saturated heterocycles. The van der Waals surface area contributed by atoms with Crippen molar-refractivity contribution in [3.05, 3.63) is 93.9 Å². The summed E-state index contributed by atoms with van der Waals surface area (Å²) in [4.78, 5) is 23.9. The van der Waals surface area contributed by atoms with Crippen LogP contribution in [0.3, 0.4) is 0 Å². The van der Waals surface area contributed by atoms with Gasteiger partial charge in [-0.1, -0.05) is 6.07 Å². The average molecular weight is 487 g/mol. The highest BCUT2D eigenvalue weighted by Crippen LogP contribution is 2.29. The van der Waals surface area contributed by atoms with Gasteiger partial charge in [0, 0.05) is 30.1 Å². The first-order valence-electron chi connectivity index (χ1n) is 11.5. The molecule has 5 N–H and O–H groups in total. The maximum Gasteiger partial charge on any atom is 0.350 e. The molecule has 11 heteroatoms. The van der Waals surface area contributed by atoms with Crippen LogP contribution in [0.15, 0.2) is 65.7 Å². The molecule has 4 aromatic rings. The number of nitrogens with two attached hydrogens (primary N) is 1. The third kappa shape index (κ3) is 5.10. The number of hydrogen-bond acceptors (Lipinski definition) is 8. The number of benzene rings is 2. The van der Waals surface area contributed by atoms with E-state index in [2.05, 4.69) is 25.4 Å². The minimum absolute atomic E-state index is 0.000529. The molecule has 1 fully saturated rings. The van der Waals surface area contributed by atoms with E-state index in [4.69, 9.17) is 20.6 Å². The van der Waals surface area contributed by atoms with E-state index in [1.165, 1.54) is 0 Å². The van der Waals surface area contributed by atoms with Crippen molar-refractivity contribution in [1.29, 1.82) is 5.41 Å². The van der Waals surface area contributed by atoms with E-state index in [0.29, 0.717) is 30.4 Å². The van der Waals surface area contributed by atoms with Crippen LogP contribution in [-0.2, 0) is 4.74 Å². The van der Waals surface area contributed by atoms with Crippen molar-refractivity contribution in [1.82, 2.24) is 24.7 Å². The molecule has 1 unspecified atom stereocenters. The number of aryl methyl sites for hydroxylation is 1. The summed E-state index contributed by atoms with van der Waals surface area (Å²) in [6.45, 7) is 3.23. The summed E-state index contributed by atoms with van der Waals surface area (Å²) in [5.41, 5.74) is 8.34. The lowest BCUT2D eigenvalue weighted by molar-refractivity contribution is 0.141. The van der Waals surface area contributed by atoms with Crippen LogP contribution in [0.1, 0.15) is 35.0 Å². The standard InChI is InChI=1S/C25H26N8O3/c1-15-11-17(13-20(12-15)36-19-7-10-35-14-19)21(30-18-5-3-16(4-6-18)22(26)27)23-31-25(34)33(32-23)24-28-8-2-9-29-24/h2-6,8-9,11-13,19,21,30H,7,10,14H2,1H3,(H3,26,27)(H,31,32,34)/t19-,21?/m0/s1. The second kappa shape index (κ2) is 10.0. The molecule has 5 rings (SSSR count). The maximum absolute atomic E-state index is 12.8. The number of rotatable bonds is 8. The van der Waals surface area contributed by atoms with Crippen molar-refractivity contribution in [3.8, 4) is 11.7 Å². The average Bonchev–Trinajstić information content (AvgIpc) is 3.52. The number of nitrogens with zero attached hydrogens (tertiary/aromatic N) is 4. The van der Waals surface area contributed by atoms with Crippen LogP contribution < -0.4 is 21.5 Å². The highest BCUT2D eigenvalue weighted by atomic mass is 16.5. The zero-order valence-corrected chi connectivity index (χ0v) is 19.6. The number of ether oxygens (including phenoxy) is 2. The highest BCUT2D eigenvalue weighted by Gasteiger charge is 2.23. The van der Waals surface area contributed by atoms with Gasteiger partial charge in [0.25, 0.3) is 5.95 Å². The molecule has 0 bridgehead atoms. The molecule has 36 heavy (non-hydrogen) atoms. The number of anilines is 1. The molecular weight excluding hydrogens is 460 g/mol. The van der Waals surface area contributed by atoms with Gasteiger partial charge in [0.2, 0.25) is 0 Å². The number of aromatic amines is 1. The number of nitrogens with one attached hydrogen (secondary N) is 3. The van der Waals surface area contributed by atoms with Crippen LogP contribution in [0.4, 0.5) is 5.69 Å². The fourth-order valence-corrected chi connectivity index (χ4v) is 4.04. The maximum atomic E-state index is 12.8. The van der Waals surface area contributed by atoms with Gasteiger partial charge in [-0.05, 0) is 60.5 Å². The van der Waals surface area contributed by atoms with Crippen LogP contribution in [0.2, 0.25) is 0 Å². The van der Waals surface area contributed by atoms with Gasteiger partial charge in [-0.2, -0.15) is 0 Å². The lowest BCUT2D eigenvalue weighted by atomic mass is 10.0. The van der Waals surface area contributed by atoms with Crippen molar-refractivity contribution < 1.29 is 9.47 Å². The summed E-state index contributed by atoms with van der Waals surface area (Å²) >= 11 is 0. The number of aromatic nitrogens is 5. The molecule has 2 aromatic carbocycles. The quantitative estimate of drug-likeness (QED) is 0.218. The minimum atomic E-state index is -0.534. The van der Waals surface area contributed by atoms with Crippen LogP contribution in [0, 0.1) is 12.3 Å². The Balaban J connectivity index is 1.54. The first-order valence-corrected chi connectivity index (χ1v) is 11.5. The Bertz CT molecular complexity index is 1410. The van der Waals surface area contributed by atoms with Gasteiger partial charge in [-0.15, -0.1) is 9.78 Å². The predicted octanol–water partition coefficient (Wildman–Crippen LogP) is 2.31. The van der Waals surface area contributed by atoms with Crippen molar-refractivity contribution in [2.24, 2.45) is 5.73 Å². The molecule has 2 aromatic heterocycles. The van der Waals surface area contributed by atoms with E-state index in [9.17, 15) is 4.79 Å². The van der Waals surface area contributed by atoms with Gasteiger partial charge < -0.3 is 20.5 Å². The third-order valence-corrected chi connectivity index (χ3v) is 5.75. The summed E-state index contributed by atoms with van der Waals surface area (Å²) in [5.74, 6) is 1.25. The smallest absolute Gasteiger partial charge is 0.350 e. The van der Waals surface area contributed by atoms with Gasteiger partial charge >= 0.3 is 5.69 Å². The lowest BCUT2D eigenvalue weighted by Crippen LogP contribution is -2.18. The molecule has 11 nitrogen and oxygen atoms in total. The Morgan fingerprint density at radius 1 is 1.25 bits per heavy atom.